The van der Waals surface area contributed by atoms with E-state index in [9.17, 15) is 0 Å². The van der Waals surface area contributed by atoms with E-state index in [4.69, 9.17) is 9.40 Å². The molecule has 0 saturated carbocycles. The Morgan fingerprint density at radius 2 is 0.855 bits per heavy atom. The summed E-state index contributed by atoms with van der Waals surface area (Å²) >= 11 is 0. The van der Waals surface area contributed by atoms with E-state index < -0.39 is 0 Å². The molecule has 0 atom stereocenters. The Hall–Kier alpha value is -8.15. The third-order valence-corrected chi connectivity index (χ3v) is 12.0. The molecule has 5 nitrogen and oxygen atoms in total. The van der Waals surface area contributed by atoms with Gasteiger partial charge in [0.25, 0.3) is 0 Å². The number of anilines is 6. The zero-order valence-electron chi connectivity index (χ0n) is 34.5. The van der Waals surface area contributed by atoms with E-state index in [0.29, 0.717) is 5.89 Å². The quantitative estimate of drug-likeness (QED) is 0.146. The van der Waals surface area contributed by atoms with Gasteiger partial charge in [-0.1, -0.05) is 103 Å². The predicted octanol–water partition coefficient (Wildman–Crippen LogP) is 15.8. The SMILES string of the molecule is Cc1c(-c2ccc(-c3nc4ccccc4o3)cc2)ccc(-n2c3ccc(N(c4ccccc4)c4ccccc4)cc3c3cc(N(c4ccccc4)c4ccccc4)ccc32)c1C. The Morgan fingerprint density at radius 1 is 0.403 bits per heavy atom. The van der Waals surface area contributed by atoms with Crippen molar-refractivity contribution < 1.29 is 4.42 Å². The highest BCUT2D eigenvalue weighted by Gasteiger charge is 2.21. The molecule has 0 amide bonds. The van der Waals surface area contributed by atoms with Crippen LogP contribution in [-0.4, -0.2) is 9.55 Å². The summed E-state index contributed by atoms with van der Waals surface area (Å²) in [4.78, 5) is 9.40. The molecule has 11 rings (SSSR count). The highest BCUT2D eigenvalue weighted by molar-refractivity contribution is 6.12. The molecule has 2 heterocycles. The van der Waals surface area contributed by atoms with Crippen molar-refractivity contribution in [2.75, 3.05) is 9.80 Å². The molecule has 0 N–H and O–H groups in total. The monoisotopic (exact) mass is 798 g/mol. The topological polar surface area (TPSA) is 37.4 Å². The largest absolute Gasteiger partial charge is 0.436 e. The molecule has 11 aromatic rings. The first-order chi connectivity index (χ1) is 30.6. The van der Waals surface area contributed by atoms with E-state index in [0.717, 1.165) is 73.1 Å². The maximum absolute atomic E-state index is 6.08. The highest BCUT2D eigenvalue weighted by atomic mass is 16.3. The maximum atomic E-state index is 6.08. The normalized spacial score (nSPS) is 11.4. The van der Waals surface area contributed by atoms with Gasteiger partial charge in [-0.3, -0.25) is 0 Å². The second-order valence-corrected chi connectivity index (χ2v) is 15.7. The fourth-order valence-electron chi connectivity index (χ4n) is 8.89. The summed E-state index contributed by atoms with van der Waals surface area (Å²) in [7, 11) is 0. The van der Waals surface area contributed by atoms with Crippen molar-refractivity contribution in [2.45, 2.75) is 13.8 Å². The van der Waals surface area contributed by atoms with Crippen molar-refractivity contribution in [1.29, 1.82) is 0 Å². The van der Waals surface area contributed by atoms with Crippen LogP contribution >= 0.6 is 0 Å². The molecule has 0 fully saturated rings. The first-order valence-electron chi connectivity index (χ1n) is 21.0. The fourth-order valence-corrected chi connectivity index (χ4v) is 8.89. The lowest BCUT2D eigenvalue weighted by molar-refractivity contribution is 0.620. The average Bonchev–Trinajstić information content (AvgIpc) is 3.91. The van der Waals surface area contributed by atoms with Crippen LogP contribution in [0.25, 0.3) is 61.2 Å². The van der Waals surface area contributed by atoms with E-state index >= 15 is 0 Å². The van der Waals surface area contributed by atoms with Crippen LogP contribution < -0.4 is 9.80 Å². The smallest absolute Gasteiger partial charge is 0.227 e. The van der Waals surface area contributed by atoms with Crippen LogP contribution in [0.2, 0.25) is 0 Å². The van der Waals surface area contributed by atoms with Crippen molar-refractivity contribution in [1.82, 2.24) is 9.55 Å². The van der Waals surface area contributed by atoms with Crippen LogP contribution in [0.15, 0.2) is 223 Å². The molecule has 0 spiro atoms. The van der Waals surface area contributed by atoms with Crippen LogP contribution in [0.5, 0.6) is 0 Å². The number of hydrogen-bond donors (Lipinski definition) is 0. The summed E-state index contributed by atoms with van der Waals surface area (Å²) in [6.07, 6.45) is 0. The lowest BCUT2D eigenvalue weighted by Gasteiger charge is -2.26. The van der Waals surface area contributed by atoms with Gasteiger partial charge in [-0.15, -0.1) is 0 Å². The number of nitrogens with zero attached hydrogens (tertiary/aromatic N) is 4. The Labute approximate surface area is 361 Å². The van der Waals surface area contributed by atoms with E-state index in [2.05, 4.69) is 222 Å². The molecule has 2 aromatic heterocycles. The molecule has 0 radical (unpaired) electrons. The summed E-state index contributed by atoms with van der Waals surface area (Å²) in [5, 5.41) is 2.35. The number of benzene rings is 9. The molecule has 0 aliphatic heterocycles. The van der Waals surface area contributed by atoms with Gasteiger partial charge in [-0.25, -0.2) is 4.98 Å². The molecule has 9 aromatic carbocycles. The van der Waals surface area contributed by atoms with Crippen molar-refractivity contribution in [3.63, 3.8) is 0 Å². The third kappa shape index (κ3) is 6.48. The van der Waals surface area contributed by atoms with E-state index in [1.165, 1.54) is 27.5 Å². The zero-order chi connectivity index (χ0) is 41.6. The number of para-hydroxylation sites is 6. The number of fused-ring (bicyclic) bond motifs is 4. The Morgan fingerprint density at radius 3 is 1.34 bits per heavy atom. The average molecular weight is 799 g/mol. The molecular weight excluding hydrogens is 757 g/mol. The van der Waals surface area contributed by atoms with Crippen molar-refractivity contribution in [3.8, 4) is 28.3 Å². The van der Waals surface area contributed by atoms with Gasteiger partial charge in [0, 0.05) is 56.1 Å². The van der Waals surface area contributed by atoms with Gasteiger partial charge < -0.3 is 18.8 Å². The van der Waals surface area contributed by atoms with Gasteiger partial charge in [0.15, 0.2) is 5.58 Å². The van der Waals surface area contributed by atoms with Crippen molar-refractivity contribution in [3.05, 3.63) is 230 Å². The van der Waals surface area contributed by atoms with Crippen LogP contribution in [0.1, 0.15) is 11.1 Å². The Balaban J connectivity index is 1.08. The number of hydrogen-bond acceptors (Lipinski definition) is 4. The van der Waals surface area contributed by atoms with E-state index in [-0.39, 0.29) is 0 Å². The van der Waals surface area contributed by atoms with Crippen molar-refractivity contribution in [2.24, 2.45) is 0 Å². The van der Waals surface area contributed by atoms with Gasteiger partial charge in [0.1, 0.15) is 5.52 Å². The lowest BCUT2D eigenvalue weighted by Crippen LogP contribution is -2.09. The Bertz CT molecular complexity index is 3100. The summed E-state index contributed by atoms with van der Waals surface area (Å²) in [6, 6.07) is 77.3. The molecular formula is C57H42N4O. The highest BCUT2D eigenvalue weighted by Crippen LogP contribution is 2.44. The minimum Gasteiger partial charge on any atom is -0.436 e. The molecule has 0 aliphatic rings. The summed E-state index contributed by atoms with van der Waals surface area (Å²) in [6.45, 7) is 4.49. The zero-order valence-corrected chi connectivity index (χ0v) is 34.5. The Kier molecular flexibility index (Phi) is 9.20. The van der Waals surface area contributed by atoms with Crippen LogP contribution in [0.4, 0.5) is 34.1 Å². The minimum atomic E-state index is 0.630. The second-order valence-electron chi connectivity index (χ2n) is 15.7. The van der Waals surface area contributed by atoms with Gasteiger partial charge in [0.2, 0.25) is 5.89 Å². The molecule has 62 heavy (non-hydrogen) atoms. The molecule has 0 unspecified atom stereocenters. The molecule has 0 aliphatic carbocycles. The van der Waals surface area contributed by atoms with Gasteiger partial charge >= 0.3 is 0 Å². The van der Waals surface area contributed by atoms with E-state index in [1.54, 1.807) is 0 Å². The second kappa shape index (κ2) is 15.5. The predicted molar refractivity (Wildman–Crippen MR) is 258 cm³/mol. The van der Waals surface area contributed by atoms with Gasteiger partial charge in [0.05, 0.1) is 11.0 Å². The molecule has 0 saturated heterocycles. The third-order valence-electron chi connectivity index (χ3n) is 12.0. The van der Waals surface area contributed by atoms with Crippen LogP contribution in [0, 0.1) is 13.8 Å². The van der Waals surface area contributed by atoms with Crippen LogP contribution in [0.3, 0.4) is 0 Å². The van der Waals surface area contributed by atoms with E-state index in [1.807, 2.05) is 24.3 Å². The standard InChI is InChI=1S/C57H42N4O/c1-39-40(2)53(36-33-49(39)41-27-29-42(30-28-41)57-58-52-25-15-16-26-56(52)62-57)61-54-34-31-47(59(43-17-7-3-8-18-43)44-19-9-4-10-20-44)37-50(54)51-38-48(32-35-55(51)61)60(45-21-11-5-12-22-45)46-23-13-6-14-24-46/h3-38H,1-2H3. The van der Waals surface area contributed by atoms with Gasteiger partial charge in [-0.05, 0) is 151 Å². The summed E-state index contributed by atoms with van der Waals surface area (Å²) in [5.41, 5.74) is 17.4. The summed E-state index contributed by atoms with van der Waals surface area (Å²) < 4.78 is 8.53. The summed E-state index contributed by atoms with van der Waals surface area (Å²) in [5.74, 6) is 0.630. The van der Waals surface area contributed by atoms with Crippen LogP contribution in [-0.2, 0) is 0 Å². The first-order valence-corrected chi connectivity index (χ1v) is 21.0. The first kappa shape index (κ1) is 36.9. The van der Waals surface area contributed by atoms with Crippen molar-refractivity contribution >= 4 is 67.0 Å². The number of aromatic nitrogens is 2. The van der Waals surface area contributed by atoms with Gasteiger partial charge in [-0.2, -0.15) is 0 Å². The minimum absolute atomic E-state index is 0.630. The maximum Gasteiger partial charge on any atom is 0.227 e. The fraction of sp³-hybridized carbons (Fsp3) is 0.0351. The number of rotatable bonds is 9. The lowest BCUT2D eigenvalue weighted by atomic mass is 9.95. The molecule has 5 heteroatoms. The molecule has 296 valence electrons. The molecule has 0 bridgehead atoms. The number of oxazole rings is 1.